The van der Waals surface area contributed by atoms with Crippen LogP contribution in [0.15, 0.2) is 18.2 Å². The third-order valence-corrected chi connectivity index (χ3v) is 3.83. The lowest BCUT2D eigenvalue weighted by Gasteiger charge is -2.32. The zero-order valence-electron chi connectivity index (χ0n) is 13.4. The van der Waals surface area contributed by atoms with Gasteiger partial charge in [0.15, 0.2) is 0 Å². The Morgan fingerprint density at radius 1 is 1.27 bits per heavy atom. The summed E-state index contributed by atoms with van der Waals surface area (Å²) in [6.45, 7) is 8.16. The molecule has 2 aliphatic rings. The molecule has 0 saturated carbocycles. The van der Waals surface area contributed by atoms with Crippen LogP contribution in [0, 0.1) is 0 Å². The lowest BCUT2D eigenvalue weighted by atomic mass is 9.73. The van der Waals surface area contributed by atoms with Gasteiger partial charge in [0.2, 0.25) is 0 Å². The summed E-state index contributed by atoms with van der Waals surface area (Å²) in [6.07, 6.45) is 0.547. The number of carbonyl (C=O) groups excluding carboxylic acids is 1. The van der Waals surface area contributed by atoms with E-state index in [9.17, 15) is 4.79 Å². The van der Waals surface area contributed by atoms with Gasteiger partial charge in [-0.1, -0.05) is 18.2 Å². The molecule has 1 amide bonds. The largest absolute Gasteiger partial charge is 0.494 e. The number of nitrogens with zero attached hydrogens (tertiary/aromatic N) is 1. The summed E-state index contributed by atoms with van der Waals surface area (Å²) in [7, 11) is -0.261. The lowest BCUT2D eigenvalue weighted by molar-refractivity contribution is 0.0224. The molecule has 5 nitrogen and oxygen atoms in total. The second-order valence-corrected chi connectivity index (χ2v) is 6.71. The first kappa shape index (κ1) is 15.4. The van der Waals surface area contributed by atoms with E-state index in [2.05, 4.69) is 12.1 Å². The smallest absolute Gasteiger partial charge is 0.444 e. The van der Waals surface area contributed by atoms with Crippen molar-refractivity contribution in [3.05, 3.63) is 29.3 Å². The number of carbonyl (C=O) groups is 1. The van der Waals surface area contributed by atoms with Crippen molar-refractivity contribution >= 4 is 18.7 Å². The van der Waals surface area contributed by atoms with Gasteiger partial charge in [-0.2, -0.15) is 0 Å². The summed E-state index contributed by atoms with van der Waals surface area (Å²) in [4.78, 5) is 14.0. The molecule has 2 aliphatic heterocycles. The minimum absolute atomic E-state index is 0.253. The number of hydrogen-bond donors (Lipinski definition) is 0. The summed E-state index contributed by atoms with van der Waals surface area (Å²) < 4.78 is 16.7. The van der Waals surface area contributed by atoms with Crippen molar-refractivity contribution in [2.24, 2.45) is 0 Å². The Balaban J connectivity index is 1.76. The Hall–Kier alpha value is -1.53. The first-order chi connectivity index (χ1) is 10.4. The maximum atomic E-state index is 12.2. The molecule has 118 valence electrons. The summed E-state index contributed by atoms with van der Waals surface area (Å²) >= 11 is 0. The van der Waals surface area contributed by atoms with Gasteiger partial charge >= 0.3 is 13.2 Å². The number of fused-ring (bicyclic) bond motifs is 1. The van der Waals surface area contributed by atoms with Gasteiger partial charge < -0.3 is 18.9 Å². The molecular formula is C16H22BNO4. The third-order valence-electron chi connectivity index (χ3n) is 3.83. The number of hydrogen-bond acceptors (Lipinski definition) is 4. The summed E-state index contributed by atoms with van der Waals surface area (Å²) in [5.74, 6) is 0. The van der Waals surface area contributed by atoms with Crippen LogP contribution in [0.25, 0.3) is 0 Å². The second-order valence-electron chi connectivity index (χ2n) is 6.71. The lowest BCUT2D eigenvalue weighted by Crippen LogP contribution is -2.43. The number of rotatable bonds is 1. The first-order valence-electron chi connectivity index (χ1n) is 7.76. The van der Waals surface area contributed by atoms with Crippen molar-refractivity contribution in [3.63, 3.8) is 0 Å². The van der Waals surface area contributed by atoms with Crippen LogP contribution in [0.2, 0.25) is 0 Å². The van der Waals surface area contributed by atoms with Crippen molar-refractivity contribution in [2.75, 3.05) is 19.8 Å². The fourth-order valence-electron chi connectivity index (χ4n) is 2.88. The second kappa shape index (κ2) is 5.93. The van der Waals surface area contributed by atoms with E-state index < -0.39 is 5.60 Å². The maximum absolute atomic E-state index is 12.2. The maximum Gasteiger partial charge on any atom is 0.494 e. The third kappa shape index (κ3) is 3.28. The van der Waals surface area contributed by atoms with Crippen LogP contribution >= 0.6 is 0 Å². The average Bonchev–Trinajstić information content (AvgIpc) is 2.98. The van der Waals surface area contributed by atoms with Crippen molar-refractivity contribution < 1.29 is 18.8 Å². The Labute approximate surface area is 131 Å². The van der Waals surface area contributed by atoms with Crippen LogP contribution in [-0.2, 0) is 27.0 Å². The van der Waals surface area contributed by atoms with Crippen LogP contribution in [0.3, 0.4) is 0 Å². The Kier molecular flexibility index (Phi) is 4.15. The number of amides is 1. The van der Waals surface area contributed by atoms with Crippen LogP contribution in [-0.4, -0.2) is 43.5 Å². The summed E-state index contributed by atoms with van der Waals surface area (Å²) in [5, 5.41) is 0. The van der Waals surface area contributed by atoms with E-state index >= 15 is 0 Å². The molecule has 2 heterocycles. The van der Waals surface area contributed by atoms with Gasteiger partial charge in [-0.15, -0.1) is 0 Å². The highest BCUT2D eigenvalue weighted by atomic mass is 16.6. The zero-order chi connectivity index (χ0) is 15.7. The molecule has 0 N–H and O–H groups in total. The molecule has 6 heteroatoms. The molecule has 0 radical (unpaired) electrons. The Bertz CT molecular complexity index is 564. The molecule has 1 aromatic carbocycles. The van der Waals surface area contributed by atoms with E-state index in [1.165, 1.54) is 5.56 Å². The minimum atomic E-state index is -0.468. The van der Waals surface area contributed by atoms with Crippen LogP contribution < -0.4 is 5.46 Å². The van der Waals surface area contributed by atoms with E-state index in [1.54, 1.807) is 4.90 Å². The number of benzene rings is 1. The molecule has 0 aromatic heterocycles. The Morgan fingerprint density at radius 3 is 2.68 bits per heavy atom. The van der Waals surface area contributed by atoms with Crippen molar-refractivity contribution in [1.29, 1.82) is 0 Å². The van der Waals surface area contributed by atoms with Crippen LogP contribution in [0.5, 0.6) is 0 Å². The van der Waals surface area contributed by atoms with Gasteiger partial charge in [-0.25, -0.2) is 4.79 Å². The van der Waals surface area contributed by atoms with Crippen LogP contribution in [0.4, 0.5) is 4.79 Å². The predicted octanol–water partition coefficient (Wildman–Crippen LogP) is 1.72. The van der Waals surface area contributed by atoms with Gasteiger partial charge in [0.1, 0.15) is 5.60 Å². The predicted molar refractivity (Wildman–Crippen MR) is 84.1 cm³/mol. The molecule has 0 bridgehead atoms. The van der Waals surface area contributed by atoms with Crippen molar-refractivity contribution in [3.8, 4) is 0 Å². The van der Waals surface area contributed by atoms with Crippen molar-refractivity contribution in [2.45, 2.75) is 39.3 Å². The molecule has 22 heavy (non-hydrogen) atoms. The number of ether oxygens (including phenoxy) is 1. The van der Waals surface area contributed by atoms with Crippen molar-refractivity contribution in [1.82, 2.24) is 4.90 Å². The fourth-order valence-corrected chi connectivity index (χ4v) is 2.88. The molecule has 0 atom stereocenters. The highest BCUT2D eigenvalue weighted by Crippen LogP contribution is 2.21. The van der Waals surface area contributed by atoms with E-state index in [0.717, 1.165) is 17.4 Å². The molecule has 0 spiro atoms. The summed E-state index contributed by atoms with van der Waals surface area (Å²) in [5.41, 5.74) is 3.02. The molecular weight excluding hydrogens is 281 g/mol. The first-order valence-corrected chi connectivity index (χ1v) is 7.76. The molecule has 1 aromatic rings. The van der Waals surface area contributed by atoms with Gasteiger partial charge in [0.05, 0.1) is 13.2 Å². The zero-order valence-corrected chi connectivity index (χ0v) is 13.4. The SMILES string of the molecule is CC(C)(C)OC(=O)N1CCc2c(cccc2B2OCCO2)C1. The molecule has 1 saturated heterocycles. The fraction of sp³-hybridized carbons (Fsp3) is 0.562. The van der Waals surface area contributed by atoms with Gasteiger partial charge in [0, 0.05) is 13.1 Å². The van der Waals surface area contributed by atoms with E-state index in [4.69, 9.17) is 14.0 Å². The quantitative estimate of drug-likeness (QED) is 0.741. The Morgan fingerprint density at radius 2 is 2.00 bits per heavy atom. The standard InChI is InChI=1S/C16H22BNO4/c1-16(2,3)22-15(19)18-8-7-13-12(11-18)5-4-6-14(13)17-20-9-10-21-17/h4-6H,7-11H2,1-3H3. The molecule has 3 rings (SSSR count). The van der Waals surface area contributed by atoms with E-state index in [1.807, 2.05) is 26.8 Å². The van der Waals surface area contributed by atoms with E-state index in [0.29, 0.717) is 26.3 Å². The topological polar surface area (TPSA) is 48.0 Å². The highest BCUT2D eigenvalue weighted by Gasteiger charge is 2.32. The highest BCUT2D eigenvalue weighted by molar-refractivity contribution is 6.62. The van der Waals surface area contributed by atoms with Gasteiger partial charge in [-0.3, -0.25) is 0 Å². The molecule has 0 aliphatic carbocycles. The monoisotopic (exact) mass is 303 g/mol. The van der Waals surface area contributed by atoms with E-state index in [-0.39, 0.29) is 13.2 Å². The normalized spacial score (nSPS) is 18.3. The summed E-state index contributed by atoms with van der Waals surface area (Å²) in [6, 6.07) is 6.11. The molecule has 0 unspecified atom stereocenters. The van der Waals surface area contributed by atoms with Gasteiger partial charge in [-0.05, 0) is 43.8 Å². The average molecular weight is 303 g/mol. The molecule has 1 fully saturated rings. The van der Waals surface area contributed by atoms with Gasteiger partial charge in [0.25, 0.3) is 0 Å². The minimum Gasteiger partial charge on any atom is -0.444 e. The van der Waals surface area contributed by atoms with Crippen LogP contribution in [0.1, 0.15) is 31.9 Å².